The van der Waals surface area contributed by atoms with E-state index in [2.05, 4.69) is 22.0 Å². The number of benzene rings is 1. The molecule has 0 N–H and O–H groups in total. The highest BCUT2D eigenvalue weighted by atomic mass is 32.1. The molecule has 0 bridgehead atoms. The van der Waals surface area contributed by atoms with E-state index in [0.717, 1.165) is 23.8 Å². The maximum atomic E-state index is 11.6. The molecule has 0 saturated heterocycles. The highest BCUT2D eigenvalue weighted by Crippen LogP contribution is 2.25. The smallest absolute Gasteiger partial charge is 0.350 e. The number of aryl methyl sites for hydroxylation is 1. The topological polar surface area (TPSA) is 42.4 Å². The van der Waals surface area contributed by atoms with Gasteiger partial charge in [-0.3, -0.25) is 0 Å². The van der Waals surface area contributed by atoms with E-state index in [1.54, 1.807) is 0 Å². The van der Waals surface area contributed by atoms with E-state index in [1.165, 1.54) is 24.0 Å². The zero-order chi connectivity index (χ0) is 14.5. The third kappa shape index (κ3) is 3.36. The lowest BCUT2D eigenvalue weighted by Gasteiger charge is -2.15. The minimum absolute atomic E-state index is 0.317. The van der Waals surface area contributed by atoms with Crippen LogP contribution in [-0.4, -0.2) is 31.7 Å². The van der Waals surface area contributed by atoms with Crippen molar-refractivity contribution >= 4 is 22.4 Å². The summed E-state index contributed by atoms with van der Waals surface area (Å²) in [6, 6.07) is 10.3. The second-order valence-corrected chi connectivity index (χ2v) is 5.54. The average molecular weight is 290 g/mol. The lowest BCUT2D eigenvalue weighted by Crippen LogP contribution is -2.20. The van der Waals surface area contributed by atoms with Crippen LogP contribution < -0.4 is 4.90 Å². The molecule has 1 aromatic heterocycles. The van der Waals surface area contributed by atoms with Crippen LogP contribution in [0.25, 0.3) is 0 Å². The summed E-state index contributed by atoms with van der Waals surface area (Å²) in [5.41, 5.74) is 2.02. The molecular formula is C15H18N2O2S. The van der Waals surface area contributed by atoms with Crippen molar-refractivity contribution in [3.8, 4) is 0 Å². The number of esters is 1. The van der Waals surface area contributed by atoms with Crippen LogP contribution in [-0.2, 0) is 11.2 Å². The first-order valence-electron chi connectivity index (χ1n) is 6.42. The molecule has 5 heteroatoms. The highest BCUT2D eigenvalue weighted by molar-refractivity contribution is 7.17. The van der Waals surface area contributed by atoms with Crippen LogP contribution in [0.1, 0.15) is 20.9 Å². The Morgan fingerprint density at radius 2 is 2.05 bits per heavy atom. The molecular weight excluding hydrogens is 272 g/mol. The normalized spacial score (nSPS) is 10.3. The summed E-state index contributed by atoms with van der Waals surface area (Å²) >= 11 is 1.38. The van der Waals surface area contributed by atoms with Gasteiger partial charge in [0.15, 0.2) is 5.13 Å². The molecule has 2 rings (SSSR count). The SMILES string of the molecule is COC(=O)c1sc(N(C)CCc2ccccc2)nc1C. The number of methoxy groups -OCH3 is 1. The predicted molar refractivity (Wildman–Crippen MR) is 81.6 cm³/mol. The Morgan fingerprint density at radius 1 is 1.35 bits per heavy atom. The molecule has 0 radical (unpaired) electrons. The molecule has 1 heterocycles. The lowest BCUT2D eigenvalue weighted by atomic mass is 10.1. The molecule has 0 saturated carbocycles. The molecule has 106 valence electrons. The van der Waals surface area contributed by atoms with Gasteiger partial charge < -0.3 is 9.64 Å². The van der Waals surface area contributed by atoms with Crippen molar-refractivity contribution in [1.82, 2.24) is 4.98 Å². The van der Waals surface area contributed by atoms with E-state index in [1.807, 2.05) is 32.2 Å². The number of thiazole rings is 1. The Balaban J connectivity index is 2.02. The summed E-state index contributed by atoms with van der Waals surface area (Å²) in [5.74, 6) is -0.317. The number of carbonyl (C=O) groups is 1. The third-order valence-corrected chi connectivity index (χ3v) is 4.31. The van der Waals surface area contributed by atoms with Gasteiger partial charge >= 0.3 is 5.97 Å². The monoisotopic (exact) mass is 290 g/mol. The quantitative estimate of drug-likeness (QED) is 0.794. The Bertz CT molecular complexity index is 581. The van der Waals surface area contributed by atoms with Crippen LogP contribution in [0.15, 0.2) is 30.3 Å². The van der Waals surface area contributed by atoms with Crippen molar-refractivity contribution < 1.29 is 9.53 Å². The van der Waals surface area contributed by atoms with Crippen LogP contribution in [0.4, 0.5) is 5.13 Å². The zero-order valence-electron chi connectivity index (χ0n) is 11.9. The number of likely N-dealkylation sites (N-methyl/N-ethyl adjacent to an activating group) is 1. The molecule has 0 aliphatic heterocycles. The van der Waals surface area contributed by atoms with E-state index < -0.39 is 0 Å². The van der Waals surface area contributed by atoms with Gasteiger partial charge in [0.05, 0.1) is 12.8 Å². The van der Waals surface area contributed by atoms with Crippen molar-refractivity contribution in [3.63, 3.8) is 0 Å². The summed E-state index contributed by atoms with van der Waals surface area (Å²) < 4.78 is 4.75. The molecule has 0 aliphatic rings. The van der Waals surface area contributed by atoms with E-state index >= 15 is 0 Å². The van der Waals surface area contributed by atoms with E-state index in [4.69, 9.17) is 4.74 Å². The Morgan fingerprint density at radius 3 is 2.70 bits per heavy atom. The molecule has 20 heavy (non-hydrogen) atoms. The van der Waals surface area contributed by atoms with Gasteiger partial charge in [0.2, 0.25) is 0 Å². The fraction of sp³-hybridized carbons (Fsp3) is 0.333. The van der Waals surface area contributed by atoms with E-state index in [0.29, 0.717) is 4.88 Å². The van der Waals surface area contributed by atoms with Gasteiger partial charge in [0.1, 0.15) is 4.88 Å². The number of anilines is 1. The van der Waals surface area contributed by atoms with Crippen molar-refractivity contribution in [2.24, 2.45) is 0 Å². The Kier molecular flexibility index (Phi) is 4.74. The fourth-order valence-electron chi connectivity index (χ4n) is 1.86. The summed E-state index contributed by atoms with van der Waals surface area (Å²) in [5, 5.41) is 0.846. The summed E-state index contributed by atoms with van der Waals surface area (Å²) in [6.07, 6.45) is 0.948. The second kappa shape index (κ2) is 6.52. The molecule has 0 unspecified atom stereocenters. The average Bonchev–Trinajstić information content (AvgIpc) is 2.87. The lowest BCUT2D eigenvalue weighted by molar-refractivity contribution is 0.0605. The molecule has 0 atom stereocenters. The van der Waals surface area contributed by atoms with Gasteiger partial charge in [0.25, 0.3) is 0 Å². The largest absolute Gasteiger partial charge is 0.465 e. The van der Waals surface area contributed by atoms with Crippen molar-refractivity contribution in [1.29, 1.82) is 0 Å². The van der Waals surface area contributed by atoms with Crippen LogP contribution in [0, 0.1) is 6.92 Å². The Labute approximate surface area is 123 Å². The van der Waals surface area contributed by atoms with Gasteiger partial charge in [0, 0.05) is 13.6 Å². The van der Waals surface area contributed by atoms with E-state index in [9.17, 15) is 4.79 Å². The maximum Gasteiger partial charge on any atom is 0.350 e. The van der Waals surface area contributed by atoms with Gasteiger partial charge in [-0.05, 0) is 18.9 Å². The number of rotatable bonds is 5. The first kappa shape index (κ1) is 14.5. The highest BCUT2D eigenvalue weighted by Gasteiger charge is 2.17. The predicted octanol–water partition coefficient (Wildman–Crippen LogP) is 2.92. The number of hydrogen-bond donors (Lipinski definition) is 0. The van der Waals surface area contributed by atoms with Crippen LogP contribution in [0.5, 0.6) is 0 Å². The van der Waals surface area contributed by atoms with Gasteiger partial charge in [-0.2, -0.15) is 0 Å². The molecule has 4 nitrogen and oxygen atoms in total. The summed E-state index contributed by atoms with van der Waals surface area (Å²) in [6.45, 7) is 2.69. The molecule has 0 fully saturated rings. The molecule has 0 amide bonds. The first-order valence-corrected chi connectivity index (χ1v) is 7.24. The van der Waals surface area contributed by atoms with Gasteiger partial charge in [-0.25, -0.2) is 9.78 Å². The molecule has 0 aliphatic carbocycles. The zero-order valence-corrected chi connectivity index (χ0v) is 12.7. The number of carbonyl (C=O) groups excluding carboxylic acids is 1. The summed E-state index contributed by atoms with van der Waals surface area (Å²) in [4.78, 5) is 18.7. The molecule has 0 spiro atoms. The van der Waals surface area contributed by atoms with Crippen molar-refractivity contribution in [3.05, 3.63) is 46.5 Å². The minimum Gasteiger partial charge on any atom is -0.465 e. The number of ether oxygens (including phenoxy) is 1. The van der Waals surface area contributed by atoms with Gasteiger partial charge in [-0.1, -0.05) is 41.7 Å². The van der Waals surface area contributed by atoms with Crippen LogP contribution in [0.2, 0.25) is 0 Å². The van der Waals surface area contributed by atoms with Crippen molar-refractivity contribution in [2.45, 2.75) is 13.3 Å². The van der Waals surface area contributed by atoms with Crippen molar-refractivity contribution in [2.75, 3.05) is 25.6 Å². The summed E-state index contributed by atoms with van der Waals surface area (Å²) in [7, 11) is 3.38. The standard InChI is InChI=1S/C15H18N2O2S/c1-11-13(14(18)19-3)20-15(16-11)17(2)10-9-12-7-5-4-6-8-12/h4-8H,9-10H2,1-3H3. The van der Waals surface area contributed by atoms with Gasteiger partial charge in [-0.15, -0.1) is 0 Å². The minimum atomic E-state index is -0.317. The Hall–Kier alpha value is -1.88. The maximum absolute atomic E-state index is 11.6. The number of nitrogens with zero attached hydrogens (tertiary/aromatic N) is 2. The van der Waals surface area contributed by atoms with Crippen LogP contribution in [0.3, 0.4) is 0 Å². The van der Waals surface area contributed by atoms with Crippen LogP contribution >= 0.6 is 11.3 Å². The fourth-order valence-corrected chi connectivity index (χ4v) is 2.84. The third-order valence-electron chi connectivity index (χ3n) is 3.06. The van der Waals surface area contributed by atoms with E-state index in [-0.39, 0.29) is 5.97 Å². The first-order chi connectivity index (χ1) is 9.61. The molecule has 1 aromatic carbocycles. The number of hydrogen-bond acceptors (Lipinski definition) is 5. The number of aromatic nitrogens is 1. The second-order valence-electron chi connectivity index (χ2n) is 4.56. The molecule has 2 aromatic rings.